The van der Waals surface area contributed by atoms with E-state index >= 15 is 0 Å². The molecule has 0 aliphatic rings. The Hall–Kier alpha value is -3.14. The Balaban J connectivity index is 2.32. The molecule has 0 saturated heterocycles. The second-order valence-corrected chi connectivity index (χ2v) is 5.60. The van der Waals surface area contributed by atoms with Crippen LogP contribution in [0.4, 0.5) is 0 Å². The molecule has 1 aromatic heterocycles. The molecular weight excluding hydrogens is 314 g/mol. The number of rotatable bonds is 4. The maximum Gasteiger partial charge on any atom is 0.355 e. The van der Waals surface area contributed by atoms with Crippen molar-refractivity contribution in [2.45, 2.75) is 13.8 Å². The summed E-state index contributed by atoms with van der Waals surface area (Å²) >= 11 is 0. The third-order valence-corrected chi connectivity index (χ3v) is 3.93. The van der Waals surface area contributed by atoms with E-state index in [2.05, 4.69) is 0 Å². The van der Waals surface area contributed by atoms with E-state index in [1.54, 1.807) is 13.0 Å². The zero-order chi connectivity index (χ0) is 17.8. The lowest BCUT2D eigenvalue weighted by Gasteiger charge is -2.11. The molecule has 4 heteroatoms. The van der Waals surface area contributed by atoms with Gasteiger partial charge in [-0.2, -0.15) is 0 Å². The van der Waals surface area contributed by atoms with Gasteiger partial charge in [0.1, 0.15) is 5.69 Å². The van der Waals surface area contributed by atoms with Gasteiger partial charge in [-0.15, -0.1) is 0 Å². The summed E-state index contributed by atoms with van der Waals surface area (Å²) in [6.07, 6.45) is 0. The highest BCUT2D eigenvalue weighted by molar-refractivity contribution is 6.01. The Bertz CT molecular complexity index is 896. The molecule has 0 amide bonds. The fourth-order valence-electron chi connectivity index (χ4n) is 2.91. The number of hydrogen-bond acceptors (Lipinski definition) is 3. The maximum atomic E-state index is 12.4. The fourth-order valence-corrected chi connectivity index (χ4v) is 2.91. The van der Waals surface area contributed by atoms with Crippen LogP contribution in [-0.4, -0.2) is 23.1 Å². The van der Waals surface area contributed by atoms with Gasteiger partial charge >= 0.3 is 5.97 Å². The summed E-state index contributed by atoms with van der Waals surface area (Å²) in [6, 6.07) is 21.0. The van der Waals surface area contributed by atoms with Crippen molar-refractivity contribution in [2.75, 3.05) is 6.61 Å². The summed E-state index contributed by atoms with van der Waals surface area (Å²) in [4.78, 5) is 24.8. The molecule has 3 aromatic rings. The highest BCUT2D eigenvalue weighted by atomic mass is 16.5. The first-order valence-corrected chi connectivity index (χ1v) is 8.18. The predicted octanol–water partition coefficient (Wildman–Crippen LogP) is 4.66. The first kappa shape index (κ1) is 16.7. The van der Waals surface area contributed by atoms with Crippen molar-refractivity contribution in [1.29, 1.82) is 0 Å². The minimum absolute atomic E-state index is 0.232. The van der Waals surface area contributed by atoms with Crippen LogP contribution in [-0.2, 0) is 4.74 Å². The van der Waals surface area contributed by atoms with Crippen LogP contribution in [0.25, 0.3) is 22.4 Å². The first-order chi connectivity index (χ1) is 12.1. The number of carbonyl (C=O) groups is 2. The van der Waals surface area contributed by atoms with Crippen LogP contribution in [0, 0.1) is 0 Å². The van der Waals surface area contributed by atoms with Crippen molar-refractivity contribution in [1.82, 2.24) is 4.57 Å². The molecule has 25 heavy (non-hydrogen) atoms. The van der Waals surface area contributed by atoms with Crippen LogP contribution in [0.1, 0.15) is 29.1 Å². The van der Waals surface area contributed by atoms with Gasteiger partial charge in [0, 0.05) is 12.5 Å². The van der Waals surface area contributed by atoms with E-state index in [4.69, 9.17) is 4.74 Å². The van der Waals surface area contributed by atoms with Gasteiger partial charge in [-0.05, 0) is 24.1 Å². The molecule has 0 bridgehead atoms. The molecule has 3 rings (SSSR count). The molecule has 1 heterocycles. The monoisotopic (exact) mass is 333 g/mol. The van der Waals surface area contributed by atoms with E-state index < -0.39 is 5.97 Å². The minimum Gasteiger partial charge on any atom is -0.461 e. The summed E-state index contributed by atoms with van der Waals surface area (Å²) in [5, 5.41) is 0. The molecule has 0 aliphatic heterocycles. The van der Waals surface area contributed by atoms with Crippen molar-refractivity contribution in [3.63, 3.8) is 0 Å². The number of hydrogen-bond donors (Lipinski definition) is 0. The average Bonchev–Trinajstić information content (AvgIpc) is 3.04. The van der Waals surface area contributed by atoms with Gasteiger partial charge in [-0.3, -0.25) is 9.36 Å². The van der Waals surface area contributed by atoms with Crippen LogP contribution in [0.5, 0.6) is 0 Å². The highest BCUT2D eigenvalue weighted by Gasteiger charge is 2.24. The van der Waals surface area contributed by atoms with Gasteiger partial charge in [0.15, 0.2) is 0 Å². The number of nitrogens with zero attached hydrogens (tertiary/aromatic N) is 1. The third kappa shape index (κ3) is 3.24. The Morgan fingerprint density at radius 3 is 2.00 bits per heavy atom. The summed E-state index contributed by atoms with van der Waals surface area (Å²) in [5.41, 5.74) is 3.57. The minimum atomic E-state index is -0.503. The Kier molecular flexibility index (Phi) is 4.80. The quantitative estimate of drug-likeness (QED) is 0.653. The molecule has 0 atom stereocenters. The molecule has 0 N–H and O–H groups in total. The van der Waals surface area contributed by atoms with E-state index in [-0.39, 0.29) is 18.2 Å². The van der Waals surface area contributed by atoms with Gasteiger partial charge < -0.3 is 4.74 Å². The van der Waals surface area contributed by atoms with Gasteiger partial charge in [0.05, 0.1) is 12.3 Å². The van der Waals surface area contributed by atoms with Gasteiger partial charge in [0.2, 0.25) is 5.91 Å². The molecule has 0 aliphatic carbocycles. The summed E-state index contributed by atoms with van der Waals surface area (Å²) in [7, 11) is 0. The topological polar surface area (TPSA) is 48.3 Å². The van der Waals surface area contributed by atoms with Gasteiger partial charge in [0.25, 0.3) is 0 Å². The summed E-state index contributed by atoms with van der Waals surface area (Å²) in [5.74, 6) is -0.735. The fraction of sp³-hybridized carbons (Fsp3) is 0.143. The summed E-state index contributed by atoms with van der Waals surface area (Å²) < 4.78 is 6.59. The lowest BCUT2D eigenvalue weighted by atomic mass is 10.0. The van der Waals surface area contributed by atoms with E-state index in [1.165, 1.54) is 11.5 Å². The van der Waals surface area contributed by atoms with Crippen molar-refractivity contribution in [3.8, 4) is 22.4 Å². The normalized spacial score (nSPS) is 10.5. The van der Waals surface area contributed by atoms with E-state index in [0.717, 1.165) is 16.7 Å². The van der Waals surface area contributed by atoms with Crippen LogP contribution < -0.4 is 0 Å². The molecular formula is C21H19NO3. The van der Waals surface area contributed by atoms with E-state index in [1.807, 2.05) is 60.7 Å². The largest absolute Gasteiger partial charge is 0.461 e. The van der Waals surface area contributed by atoms with Gasteiger partial charge in [-0.1, -0.05) is 60.7 Å². The van der Waals surface area contributed by atoms with Gasteiger partial charge in [-0.25, -0.2) is 4.79 Å². The number of carbonyl (C=O) groups excluding carboxylic acids is 2. The first-order valence-electron chi connectivity index (χ1n) is 8.18. The molecule has 0 fully saturated rings. The van der Waals surface area contributed by atoms with E-state index in [0.29, 0.717) is 5.69 Å². The van der Waals surface area contributed by atoms with Crippen LogP contribution >= 0.6 is 0 Å². The molecule has 4 nitrogen and oxygen atoms in total. The van der Waals surface area contributed by atoms with Crippen molar-refractivity contribution < 1.29 is 14.3 Å². The second-order valence-electron chi connectivity index (χ2n) is 5.60. The molecule has 0 spiro atoms. The lowest BCUT2D eigenvalue weighted by molar-refractivity contribution is 0.0509. The standard InChI is InChI=1S/C21H19NO3/c1-3-25-21(24)19-14-18(16-10-6-4-7-11-16)20(22(19)15(2)23)17-12-8-5-9-13-17/h4-14H,3H2,1-2H3. The van der Waals surface area contributed by atoms with Crippen molar-refractivity contribution in [3.05, 3.63) is 72.4 Å². The van der Waals surface area contributed by atoms with E-state index in [9.17, 15) is 9.59 Å². The SMILES string of the molecule is CCOC(=O)c1cc(-c2ccccc2)c(-c2ccccc2)n1C(C)=O. The van der Waals surface area contributed by atoms with Crippen LogP contribution in [0.15, 0.2) is 66.7 Å². The average molecular weight is 333 g/mol. The lowest BCUT2D eigenvalue weighted by Crippen LogP contribution is -2.17. The molecule has 2 aromatic carbocycles. The maximum absolute atomic E-state index is 12.4. The van der Waals surface area contributed by atoms with Crippen LogP contribution in [0.2, 0.25) is 0 Å². The Morgan fingerprint density at radius 1 is 0.920 bits per heavy atom. The molecule has 126 valence electrons. The molecule has 0 saturated carbocycles. The number of ether oxygens (including phenoxy) is 1. The highest BCUT2D eigenvalue weighted by Crippen LogP contribution is 2.35. The zero-order valence-corrected chi connectivity index (χ0v) is 14.2. The number of benzene rings is 2. The smallest absolute Gasteiger partial charge is 0.355 e. The second kappa shape index (κ2) is 7.18. The van der Waals surface area contributed by atoms with Crippen molar-refractivity contribution in [2.24, 2.45) is 0 Å². The number of aromatic nitrogens is 1. The Morgan fingerprint density at radius 2 is 1.48 bits per heavy atom. The van der Waals surface area contributed by atoms with Crippen LogP contribution in [0.3, 0.4) is 0 Å². The van der Waals surface area contributed by atoms with Crippen molar-refractivity contribution >= 4 is 11.9 Å². The third-order valence-electron chi connectivity index (χ3n) is 3.93. The Labute approximate surface area is 146 Å². The predicted molar refractivity (Wildman–Crippen MR) is 97.6 cm³/mol. The number of esters is 1. The molecule has 0 radical (unpaired) electrons. The summed E-state index contributed by atoms with van der Waals surface area (Å²) in [6.45, 7) is 3.45. The zero-order valence-electron chi connectivity index (χ0n) is 14.2. The molecule has 0 unspecified atom stereocenters.